The van der Waals surface area contributed by atoms with Crippen molar-refractivity contribution in [2.24, 2.45) is 0 Å². The summed E-state index contributed by atoms with van der Waals surface area (Å²) in [6, 6.07) is 14.7. The van der Waals surface area contributed by atoms with Gasteiger partial charge in [-0.25, -0.2) is 0 Å². The van der Waals surface area contributed by atoms with Crippen LogP contribution < -0.4 is 11.1 Å². The molecule has 4 heteroatoms. The summed E-state index contributed by atoms with van der Waals surface area (Å²) in [5.74, 6) is -0.0967. The molecule has 0 spiro atoms. The second-order valence-electron chi connectivity index (χ2n) is 5.43. The molecule has 108 valence electrons. The van der Waals surface area contributed by atoms with Crippen molar-refractivity contribution in [3.05, 3.63) is 65.2 Å². The first-order valence-electron chi connectivity index (χ1n) is 7.03. The topological polar surface area (TPSA) is 75.4 Å². The second kappa shape index (κ2) is 5.58. The maximum absolute atomic E-state index is 12.2. The molecule has 2 aromatic rings. The minimum Gasteiger partial charge on any atom is -0.399 e. The van der Waals surface area contributed by atoms with E-state index in [0.717, 1.165) is 16.7 Å². The van der Waals surface area contributed by atoms with Crippen LogP contribution in [0.1, 0.15) is 22.7 Å². The Kier molecular flexibility index (Phi) is 3.62. The van der Waals surface area contributed by atoms with Gasteiger partial charge in [-0.2, -0.15) is 0 Å². The molecule has 0 fully saturated rings. The van der Waals surface area contributed by atoms with Crippen molar-refractivity contribution >= 4 is 11.6 Å². The van der Waals surface area contributed by atoms with E-state index < -0.39 is 6.10 Å². The quantitative estimate of drug-likeness (QED) is 0.748. The van der Waals surface area contributed by atoms with E-state index in [2.05, 4.69) is 5.32 Å². The fraction of sp³-hybridized carbons (Fsp3) is 0.235. The van der Waals surface area contributed by atoms with E-state index in [0.29, 0.717) is 12.1 Å². The van der Waals surface area contributed by atoms with Crippen molar-refractivity contribution in [3.8, 4) is 0 Å². The molecule has 0 saturated carbocycles. The van der Waals surface area contributed by atoms with E-state index in [4.69, 9.17) is 5.73 Å². The minimum atomic E-state index is -0.558. The van der Waals surface area contributed by atoms with Gasteiger partial charge in [0.05, 0.1) is 18.6 Å². The summed E-state index contributed by atoms with van der Waals surface area (Å²) in [5, 5.41) is 13.1. The number of aliphatic hydroxyl groups is 1. The van der Waals surface area contributed by atoms with Crippen molar-refractivity contribution in [3.63, 3.8) is 0 Å². The van der Waals surface area contributed by atoms with Gasteiger partial charge in [-0.1, -0.05) is 36.4 Å². The van der Waals surface area contributed by atoms with Crippen LogP contribution in [0, 0.1) is 0 Å². The number of benzene rings is 2. The van der Waals surface area contributed by atoms with Crippen molar-refractivity contribution < 1.29 is 9.90 Å². The van der Waals surface area contributed by atoms with Crippen LogP contribution in [0.4, 0.5) is 5.69 Å². The van der Waals surface area contributed by atoms with Crippen LogP contribution in [0.5, 0.6) is 0 Å². The largest absolute Gasteiger partial charge is 0.399 e. The zero-order valence-electron chi connectivity index (χ0n) is 11.6. The van der Waals surface area contributed by atoms with E-state index in [-0.39, 0.29) is 18.4 Å². The SMILES string of the molecule is Nc1ccc(CC(=O)N[C@@H]2c3ccccc3C[C@@H]2O)cc1. The third-order valence-corrected chi connectivity index (χ3v) is 3.86. The average Bonchev–Trinajstić information content (AvgIpc) is 2.78. The summed E-state index contributed by atoms with van der Waals surface area (Å²) in [7, 11) is 0. The highest BCUT2D eigenvalue weighted by Gasteiger charge is 2.31. The predicted molar refractivity (Wildman–Crippen MR) is 81.6 cm³/mol. The molecule has 0 radical (unpaired) electrons. The van der Waals surface area contributed by atoms with Crippen molar-refractivity contribution in [2.45, 2.75) is 25.0 Å². The van der Waals surface area contributed by atoms with Crippen molar-refractivity contribution in [1.29, 1.82) is 0 Å². The van der Waals surface area contributed by atoms with Crippen LogP contribution in [-0.2, 0) is 17.6 Å². The Balaban J connectivity index is 1.69. The zero-order chi connectivity index (χ0) is 14.8. The normalized spacial score (nSPS) is 20.0. The van der Waals surface area contributed by atoms with Gasteiger partial charge < -0.3 is 16.2 Å². The van der Waals surface area contributed by atoms with E-state index in [9.17, 15) is 9.90 Å². The Morgan fingerprint density at radius 3 is 2.67 bits per heavy atom. The summed E-state index contributed by atoms with van der Waals surface area (Å²) >= 11 is 0. The molecule has 4 nitrogen and oxygen atoms in total. The van der Waals surface area contributed by atoms with Crippen LogP contribution in [0.15, 0.2) is 48.5 Å². The van der Waals surface area contributed by atoms with Gasteiger partial charge in [-0.3, -0.25) is 4.79 Å². The van der Waals surface area contributed by atoms with Crippen LogP contribution in [0.2, 0.25) is 0 Å². The van der Waals surface area contributed by atoms with E-state index in [1.54, 1.807) is 12.1 Å². The second-order valence-corrected chi connectivity index (χ2v) is 5.43. The number of nitrogen functional groups attached to an aromatic ring is 1. The number of fused-ring (bicyclic) bond motifs is 1. The summed E-state index contributed by atoms with van der Waals surface area (Å²) in [6.45, 7) is 0. The molecule has 21 heavy (non-hydrogen) atoms. The highest BCUT2D eigenvalue weighted by Crippen LogP contribution is 2.31. The molecule has 2 atom stereocenters. The number of carbonyl (C=O) groups is 1. The lowest BCUT2D eigenvalue weighted by atomic mass is 10.1. The third-order valence-electron chi connectivity index (χ3n) is 3.86. The number of rotatable bonds is 3. The van der Waals surface area contributed by atoms with Gasteiger partial charge in [0.15, 0.2) is 0 Å². The Morgan fingerprint density at radius 1 is 1.19 bits per heavy atom. The third kappa shape index (κ3) is 2.90. The van der Waals surface area contributed by atoms with Gasteiger partial charge in [0, 0.05) is 12.1 Å². The van der Waals surface area contributed by atoms with Gasteiger partial charge >= 0.3 is 0 Å². The van der Waals surface area contributed by atoms with Gasteiger partial charge in [0.2, 0.25) is 5.91 Å². The fourth-order valence-electron chi connectivity index (χ4n) is 2.79. The van der Waals surface area contributed by atoms with E-state index in [1.807, 2.05) is 36.4 Å². The minimum absolute atomic E-state index is 0.0967. The number of nitrogens with two attached hydrogens (primary N) is 1. The molecule has 0 aliphatic heterocycles. The Labute approximate surface area is 123 Å². The number of aliphatic hydroxyl groups excluding tert-OH is 1. The molecule has 0 heterocycles. The summed E-state index contributed by atoms with van der Waals surface area (Å²) in [5.41, 5.74) is 9.32. The molecule has 0 saturated heterocycles. The Morgan fingerprint density at radius 2 is 1.90 bits per heavy atom. The number of anilines is 1. The molecular weight excluding hydrogens is 264 g/mol. The zero-order valence-corrected chi connectivity index (χ0v) is 11.6. The molecule has 2 aromatic carbocycles. The number of hydrogen-bond donors (Lipinski definition) is 3. The molecule has 0 unspecified atom stereocenters. The summed E-state index contributed by atoms with van der Waals surface area (Å²) in [6.07, 6.45) is 0.312. The first-order valence-corrected chi connectivity index (χ1v) is 7.03. The summed E-state index contributed by atoms with van der Waals surface area (Å²) < 4.78 is 0. The molecule has 0 aromatic heterocycles. The van der Waals surface area contributed by atoms with Crippen molar-refractivity contribution in [2.75, 3.05) is 5.73 Å². The lowest BCUT2D eigenvalue weighted by Gasteiger charge is -2.18. The van der Waals surface area contributed by atoms with E-state index in [1.165, 1.54) is 0 Å². The van der Waals surface area contributed by atoms with Gasteiger partial charge in [0.25, 0.3) is 0 Å². The first kappa shape index (κ1) is 13.6. The molecule has 1 aliphatic carbocycles. The highest BCUT2D eigenvalue weighted by atomic mass is 16.3. The predicted octanol–water partition coefficient (Wildman–Crippen LogP) is 1.59. The van der Waals surface area contributed by atoms with Gasteiger partial charge in [0.1, 0.15) is 0 Å². The number of nitrogens with one attached hydrogen (secondary N) is 1. The maximum atomic E-state index is 12.2. The molecule has 1 aliphatic rings. The molecular formula is C17H18N2O2. The Hall–Kier alpha value is -2.33. The molecule has 3 rings (SSSR count). The molecule has 1 amide bonds. The lowest BCUT2D eigenvalue weighted by Crippen LogP contribution is -2.34. The van der Waals surface area contributed by atoms with Crippen LogP contribution >= 0.6 is 0 Å². The lowest BCUT2D eigenvalue weighted by molar-refractivity contribution is -0.121. The van der Waals surface area contributed by atoms with Crippen molar-refractivity contribution in [1.82, 2.24) is 5.32 Å². The van der Waals surface area contributed by atoms with Crippen LogP contribution in [-0.4, -0.2) is 17.1 Å². The number of amides is 1. The van der Waals surface area contributed by atoms with Crippen LogP contribution in [0.3, 0.4) is 0 Å². The molecule has 0 bridgehead atoms. The number of carbonyl (C=O) groups excluding carboxylic acids is 1. The monoisotopic (exact) mass is 282 g/mol. The smallest absolute Gasteiger partial charge is 0.224 e. The van der Waals surface area contributed by atoms with Gasteiger partial charge in [-0.15, -0.1) is 0 Å². The summed E-state index contributed by atoms with van der Waals surface area (Å²) in [4.78, 5) is 12.2. The maximum Gasteiger partial charge on any atom is 0.224 e. The van der Waals surface area contributed by atoms with E-state index >= 15 is 0 Å². The Bertz CT molecular complexity index is 652. The fourth-order valence-corrected chi connectivity index (χ4v) is 2.79. The van der Waals surface area contributed by atoms with Crippen LogP contribution in [0.25, 0.3) is 0 Å². The molecule has 4 N–H and O–H groups in total. The highest BCUT2D eigenvalue weighted by molar-refractivity contribution is 5.79. The van der Waals surface area contributed by atoms with Gasteiger partial charge in [-0.05, 0) is 28.8 Å². The standard InChI is InChI=1S/C17H18N2O2/c18-13-7-5-11(6-8-13)9-16(21)19-17-14-4-2-1-3-12(14)10-15(17)20/h1-8,15,17,20H,9-10,18H2,(H,19,21)/t15-,17+/m0/s1. The number of hydrogen-bond acceptors (Lipinski definition) is 3. The average molecular weight is 282 g/mol. The first-order chi connectivity index (χ1) is 10.1.